The quantitative estimate of drug-likeness (QED) is 0.703. The topological polar surface area (TPSA) is 66.8 Å². The number of ether oxygens (including phenoxy) is 1. The summed E-state index contributed by atoms with van der Waals surface area (Å²) in [6.45, 7) is 2.47. The van der Waals surface area contributed by atoms with Crippen molar-refractivity contribution in [1.82, 2.24) is 4.90 Å². The van der Waals surface area contributed by atoms with Crippen LogP contribution in [-0.4, -0.2) is 47.7 Å². The number of nitrogens with zero attached hydrogens (tertiary/aromatic N) is 1. The maximum absolute atomic E-state index is 11.6. The van der Waals surface area contributed by atoms with Crippen LogP contribution < -0.4 is 0 Å². The summed E-state index contributed by atoms with van der Waals surface area (Å²) in [5.74, 6) is -1.12. The lowest BCUT2D eigenvalue weighted by molar-refractivity contribution is -0.154. The molecule has 0 bridgehead atoms. The van der Waals surface area contributed by atoms with Crippen LogP contribution in [0.5, 0.6) is 0 Å². The highest BCUT2D eigenvalue weighted by molar-refractivity contribution is 5.82. The standard InChI is InChI=1S/C9H15NO4/c1-3-10(2)8(11)6-4-5-7(14-6)9(12)13/h6-7H,3-5H2,1-2H3,(H,12,13)/t6-,7+/m0/s1. The van der Waals surface area contributed by atoms with E-state index in [4.69, 9.17) is 9.84 Å². The van der Waals surface area contributed by atoms with E-state index in [1.807, 2.05) is 6.92 Å². The van der Waals surface area contributed by atoms with Crippen molar-refractivity contribution in [2.75, 3.05) is 13.6 Å². The molecule has 0 aromatic rings. The van der Waals surface area contributed by atoms with Crippen LogP contribution in [0, 0.1) is 0 Å². The lowest BCUT2D eigenvalue weighted by atomic mass is 10.2. The summed E-state index contributed by atoms with van der Waals surface area (Å²) >= 11 is 0. The number of likely N-dealkylation sites (N-methyl/N-ethyl adjacent to an activating group) is 1. The number of hydrogen-bond acceptors (Lipinski definition) is 3. The van der Waals surface area contributed by atoms with E-state index in [1.54, 1.807) is 7.05 Å². The van der Waals surface area contributed by atoms with Gasteiger partial charge in [0.2, 0.25) is 0 Å². The molecule has 0 spiro atoms. The normalized spacial score (nSPS) is 26.1. The number of carbonyl (C=O) groups is 2. The van der Waals surface area contributed by atoms with Gasteiger partial charge in [-0.05, 0) is 19.8 Å². The van der Waals surface area contributed by atoms with Gasteiger partial charge in [-0.25, -0.2) is 4.79 Å². The van der Waals surface area contributed by atoms with Gasteiger partial charge >= 0.3 is 5.97 Å². The molecular weight excluding hydrogens is 186 g/mol. The lowest BCUT2D eigenvalue weighted by Gasteiger charge is -2.18. The van der Waals surface area contributed by atoms with Crippen molar-refractivity contribution in [3.8, 4) is 0 Å². The minimum Gasteiger partial charge on any atom is -0.479 e. The van der Waals surface area contributed by atoms with Gasteiger partial charge in [-0.3, -0.25) is 4.79 Å². The van der Waals surface area contributed by atoms with E-state index in [2.05, 4.69) is 0 Å². The van der Waals surface area contributed by atoms with Gasteiger partial charge in [-0.1, -0.05) is 0 Å². The van der Waals surface area contributed by atoms with Crippen molar-refractivity contribution < 1.29 is 19.4 Å². The van der Waals surface area contributed by atoms with Crippen molar-refractivity contribution in [1.29, 1.82) is 0 Å². The zero-order valence-electron chi connectivity index (χ0n) is 8.40. The molecule has 5 heteroatoms. The van der Waals surface area contributed by atoms with E-state index < -0.39 is 18.2 Å². The Morgan fingerprint density at radius 2 is 2.00 bits per heavy atom. The van der Waals surface area contributed by atoms with Crippen molar-refractivity contribution >= 4 is 11.9 Å². The van der Waals surface area contributed by atoms with E-state index in [1.165, 1.54) is 4.90 Å². The van der Waals surface area contributed by atoms with Gasteiger partial charge < -0.3 is 14.7 Å². The van der Waals surface area contributed by atoms with E-state index in [0.717, 1.165) is 0 Å². The highest BCUT2D eigenvalue weighted by Gasteiger charge is 2.35. The second-order valence-corrected chi connectivity index (χ2v) is 3.38. The van der Waals surface area contributed by atoms with Crippen LogP contribution in [0.1, 0.15) is 19.8 Å². The molecule has 1 N–H and O–H groups in total. The second kappa shape index (κ2) is 4.41. The molecule has 0 aromatic carbocycles. The van der Waals surface area contributed by atoms with Gasteiger partial charge in [0.25, 0.3) is 5.91 Å². The van der Waals surface area contributed by atoms with Crippen LogP contribution >= 0.6 is 0 Å². The van der Waals surface area contributed by atoms with Crippen molar-refractivity contribution in [2.45, 2.75) is 32.0 Å². The molecule has 0 aliphatic carbocycles. The zero-order chi connectivity index (χ0) is 10.7. The number of hydrogen-bond donors (Lipinski definition) is 1. The largest absolute Gasteiger partial charge is 0.479 e. The van der Waals surface area contributed by atoms with Gasteiger partial charge in [-0.2, -0.15) is 0 Å². The molecular formula is C9H15NO4. The van der Waals surface area contributed by atoms with Crippen LogP contribution in [0.15, 0.2) is 0 Å². The SMILES string of the molecule is CCN(C)C(=O)[C@@H]1CC[C@H](C(=O)O)O1. The second-order valence-electron chi connectivity index (χ2n) is 3.38. The monoisotopic (exact) mass is 201 g/mol. The summed E-state index contributed by atoms with van der Waals surface area (Å²) in [5, 5.41) is 8.66. The minimum atomic E-state index is -0.987. The predicted molar refractivity (Wildman–Crippen MR) is 48.8 cm³/mol. The summed E-state index contributed by atoms with van der Waals surface area (Å²) in [6, 6.07) is 0. The summed E-state index contributed by atoms with van der Waals surface area (Å²) in [6.07, 6.45) is -0.459. The number of amides is 1. The fourth-order valence-corrected chi connectivity index (χ4v) is 1.40. The summed E-state index contributed by atoms with van der Waals surface area (Å²) < 4.78 is 5.12. The van der Waals surface area contributed by atoms with Crippen LogP contribution in [-0.2, 0) is 14.3 Å². The number of carbonyl (C=O) groups excluding carboxylic acids is 1. The molecule has 1 amide bonds. The van der Waals surface area contributed by atoms with E-state index in [0.29, 0.717) is 19.4 Å². The molecule has 1 rings (SSSR count). The Labute approximate surface area is 82.6 Å². The molecule has 2 atom stereocenters. The Kier molecular flexibility index (Phi) is 3.46. The van der Waals surface area contributed by atoms with E-state index in [-0.39, 0.29) is 5.91 Å². The predicted octanol–water partition coefficient (Wildman–Crippen LogP) is 0.0969. The summed E-state index contributed by atoms with van der Waals surface area (Å²) in [7, 11) is 1.68. The van der Waals surface area contributed by atoms with Crippen molar-refractivity contribution in [2.24, 2.45) is 0 Å². The molecule has 5 nitrogen and oxygen atoms in total. The Morgan fingerprint density at radius 1 is 1.43 bits per heavy atom. The van der Waals surface area contributed by atoms with E-state index in [9.17, 15) is 9.59 Å². The van der Waals surface area contributed by atoms with Gasteiger partial charge in [-0.15, -0.1) is 0 Å². The molecule has 0 saturated carbocycles. The number of carboxylic acids is 1. The summed E-state index contributed by atoms with van der Waals surface area (Å²) in [4.78, 5) is 23.6. The van der Waals surface area contributed by atoms with Gasteiger partial charge in [0.1, 0.15) is 6.10 Å². The third-order valence-electron chi connectivity index (χ3n) is 2.42. The maximum atomic E-state index is 11.6. The Balaban J connectivity index is 2.49. The van der Waals surface area contributed by atoms with Gasteiger partial charge in [0.05, 0.1) is 0 Å². The Hall–Kier alpha value is -1.10. The minimum absolute atomic E-state index is 0.128. The fourth-order valence-electron chi connectivity index (χ4n) is 1.40. The molecule has 1 aliphatic rings. The number of aliphatic carboxylic acids is 1. The molecule has 1 heterocycles. The van der Waals surface area contributed by atoms with Crippen LogP contribution in [0.4, 0.5) is 0 Å². The van der Waals surface area contributed by atoms with Gasteiger partial charge in [0, 0.05) is 13.6 Å². The molecule has 0 aromatic heterocycles. The highest BCUT2D eigenvalue weighted by atomic mass is 16.5. The Bertz CT molecular complexity index is 241. The third kappa shape index (κ3) is 2.23. The lowest BCUT2D eigenvalue weighted by Crippen LogP contribution is -2.36. The number of rotatable bonds is 3. The average molecular weight is 201 g/mol. The maximum Gasteiger partial charge on any atom is 0.332 e. The van der Waals surface area contributed by atoms with Gasteiger partial charge in [0.15, 0.2) is 6.10 Å². The molecule has 80 valence electrons. The smallest absolute Gasteiger partial charge is 0.332 e. The van der Waals surface area contributed by atoms with Crippen molar-refractivity contribution in [3.05, 3.63) is 0 Å². The van der Waals surface area contributed by atoms with Crippen LogP contribution in [0.25, 0.3) is 0 Å². The molecule has 0 radical (unpaired) electrons. The van der Waals surface area contributed by atoms with Crippen molar-refractivity contribution in [3.63, 3.8) is 0 Å². The summed E-state index contributed by atoms with van der Waals surface area (Å²) in [5.41, 5.74) is 0. The molecule has 0 unspecified atom stereocenters. The molecule has 1 saturated heterocycles. The molecule has 14 heavy (non-hydrogen) atoms. The number of carboxylic acid groups (broad SMARTS) is 1. The first-order valence-corrected chi connectivity index (χ1v) is 4.69. The van der Waals surface area contributed by atoms with Crippen LogP contribution in [0.3, 0.4) is 0 Å². The highest BCUT2D eigenvalue weighted by Crippen LogP contribution is 2.21. The first-order chi connectivity index (χ1) is 6.56. The average Bonchev–Trinajstić information content (AvgIpc) is 2.64. The fraction of sp³-hybridized carbons (Fsp3) is 0.778. The zero-order valence-corrected chi connectivity index (χ0v) is 8.40. The Morgan fingerprint density at radius 3 is 2.43 bits per heavy atom. The van der Waals surface area contributed by atoms with E-state index >= 15 is 0 Å². The first kappa shape index (κ1) is 11.0. The molecule has 1 aliphatic heterocycles. The molecule has 1 fully saturated rings. The first-order valence-electron chi connectivity index (χ1n) is 4.69. The van der Waals surface area contributed by atoms with Crippen LogP contribution in [0.2, 0.25) is 0 Å². The third-order valence-corrected chi connectivity index (χ3v) is 2.42.